The molecule has 0 unspecified atom stereocenters. The molecule has 0 atom stereocenters. The van der Waals surface area contributed by atoms with E-state index in [1.165, 1.54) is 11.8 Å². The molecular weight excluding hydrogens is 366 g/mol. The number of hydrogen-bond donors (Lipinski definition) is 1. The molecule has 0 bridgehead atoms. The van der Waals surface area contributed by atoms with Crippen molar-refractivity contribution in [2.75, 3.05) is 0 Å². The molecule has 4 heteroatoms. The first-order valence-electron chi connectivity index (χ1n) is 8.99. The quantitative estimate of drug-likeness (QED) is 0.492. The van der Waals surface area contributed by atoms with Crippen LogP contribution in [0.5, 0.6) is 5.75 Å². The third-order valence-electron chi connectivity index (χ3n) is 4.57. The van der Waals surface area contributed by atoms with Crippen LogP contribution in [0.25, 0.3) is 16.9 Å². The lowest BCUT2D eigenvalue weighted by Gasteiger charge is -2.19. The molecule has 0 aliphatic rings. The zero-order valence-electron chi connectivity index (χ0n) is 15.4. The fourth-order valence-corrected chi connectivity index (χ4v) is 4.18. The van der Waals surface area contributed by atoms with Crippen molar-refractivity contribution in [3.05, 3.63) is 107 Å². The van der Waals surface area contributed by atoms with Gasteiger partial charge in [0.05, 0.1) is 5.69 Å². The Kier molecular flexibility index (Phi) is 5.04. The van der Waals surface area contributed by atoms with E-state index in [0.717, 1.165) is 16.1 Å². The average Bonchev–Trinajstić information content (AvgIpc) is 2.75. The van der Waals surface area contributed by atoms with Crippen LogP contribution in [0.2, 0.25) is 0 Å². The van der Waals surface area contributed by atoms with E-state index in [2.05, 4.69) is 0 Å². The zero-order valence-corrected chi connectivity index (χ0v) is 16.2. The molecule has 28 heavy (non-hydrogen) atoms. The highest BCUT2D eigenvalue weighted by Gasteiger charge is 2.21. The molecule has 0 radical (unpaired) electrons. The van der Waals surface area contributed by atoms with Crippen molar-refractivity contribution in [1.29, 1.82) is 0 Å². The van der Waals surface area contributed by atoms with Crippen LogP contribution in [0.3, 0.4) is 0 Å². The van der Waals surface area contributed by atoms with Crippen molar-refractivity contribution in [3.63, 3.8) is 0 Å². The van der Waals surface area contributed by atoms with Crippen molar-refractivity contribution < 1.29 is 5.11 Å². The van der Waals surface area contributed by atoms with E-state index in [-0.39, 0.29) is 11.3 Å². The summed E-state index contributed by atoms with van der Waals surface area (Å²) in [6.07, 6.45) is 0. The molecule has 4 rings (SSSR count). The molecular formula is C24H19NO2S. The molecule has 0 aliphatic heterocycles. The second-order valence-electron chi connectivity index (χ2n) is 6.41. The van der Waals surface area contributed by atoms with Crippen LogP contribution in [0.1, 0.15) is 5.56 Å². The summed E-state index contributed by atoms with van der Waals surface area (Å²) in [4.78, 5) is 14.8. The summed E-state index contributed by atoms with van der Waals surface area (Å²) in [6.45, 7) is 1.85. The minimum atomic E-state index is -0.234. The third kappa shape index (κ3) is 3.35. The predicted molar refractivity (Wildman–Crippen MR) is 114 cm³/mol. The van der Waals surface area contributed by atoms with E-state index in [1.54, 1.807) is 4.57 Å². The minimum Gasteiger partial charge on any atom is -0.506 e. The third-order valence-corrected chi connectivity index (χ3v) is 5.65. The van der Waals surface area contributed by atoms with Gasteiger partial charge in [-0.05, 0) is 36.8 Å². The summed E-state index contributed by atoms with van der Waals surface area (Å²) >= 11 is 1.28. The number of benzene rings is 3. The van der Waals surface area contributed by atoms with Crippen LogP contribution in [-0.2, 0) is 0 Å². The maximum atomic E-state index is 13.5. The molecule has 3 aromatic carbocycles. The van der Waals surface area contributed by atoms with Crippen molar-refractivity contribution >= 4 is 11.8 Å². The molecule has 4 aromatic rings. The lowest BCUT2D eigenvalue weighted by Crippen LogP contribution is -2.23. The highest BCUT2D eigenvalue weighted by molar-refractivity contribution is 7.99. The van der Waals surface area contributed by atoms with Gasteiger partial charge in [-0.1, -0.05) is 78.5 Å². The first-order chi connectivity index (χ1) is 13.7. The van der Waals surface area contributed by atoms with Gasteiger partial charge >= 0.3 is 0 Å². The number of aromatic nitrogens is 1. The van der Waals surface area contributed by atoms with E-state index >= 15 is 0 Å². The van der Waals surface area contributed by atoms with Gasteiger partial charge in [0.25, 0.3) is 5.56 Å². The van der Waals surface area contributed by atoms with Crippen molar-refractivity contribution in [2.24, 2.45) is 0 Å². The fraction of sp³-hybridized carbons (Fsp3) is 0.0417. The second kappa shape index (κ2) is 7.79. The summed E-state index contributed by atoms with van der Waals surface area (Å²) in [5, 5.41) is 10.9. The highest BCUT2D eigenvalue weighted by atomic mass is 32.2. The van der Waals surface area contributed by atoms with Crippen molar-refractivity contribution in [2.45, 2.75) is 16.7 Å². The first kappa shape index (κ1) is 18.1. The Morgan fingerprint density at radius 2 is 1.32 bits per heavy atom. The number of nitrogens with zero attached hydrogens (tertiary/aromatic N) is 1. The second-order valence-corrected chi connectivity index (χ2v) is 7.49. The van der Waals surface area contributed by atoms with Gasteiger partial charge in [-0.2, -0.15) is 0 Å². The van der Waals surface area contributed by atoms with Gasteiger partial charge in [-0.3, -0.25) is 9.36 Å². The van der Waals surface area contributed by atoms with Gasteiger partial charge in [-0.15, -0.1) is 0 Å². The highest BCUT2D eigenvalue weighted by Crippen LogP contribution is 2.38. The predicted octanol–water partition coefficient (Wildman–Crippen LogP) is 5.67. The molecule has 138 valence electrons. The van der Waals surface area contributed by atoms with Crippen LogP contribution in [-0.4, -0.2) is 9.67 Å². The molecule has 0 spiro atoms. The monoisotopic (exact) mass is 385 g/mol. The van der Waals surface area contributed by atoms with Crippen LogP contribution in [0.4, 0.5) is 0 Å². The van der Waals surface area contributed by atoms with E-state index in [9.17, 15) is 9.90 Å². The normalized spacial score (nSPS) is 10.8. The molecule has 0 saturated carbocycles. The lowest BCUT2D eigenvalue weighted by molar-refractivity contribution is 0.454. The van der Waals surface area contributed by atoms with E-state index < -0.39 is 0 Å². The van der Waals surface area contributed by atoms with Gasteiger partial charge in [-0.25, -0.2) is 0 Å². The Balaban J connectivity index is 2.02. The standard InChI is InChI=1S/C24H19NO2S/c1-17-21(18-11-5-2-6-12-18)25(19-13-7-3-8-14-19)24(27)23(22(17)26)28-20-15-9-4-10-16-20/h2-16,26H,1H3. The van der Waals surface area contributed by atoms with Crippen molar-refractivity contribution in [1.82, 2.24) is 4.57 Å². The van der Waals surface area contributed by atoms with Crippen LogP contribution in [0.15, 0.2) is 106 Å². The summed E-state index contributed by atoms with van der Waals surface area (Å²) in [7, 11) is 0. The summed E-state index contributed by atoms with van der Waals surface area (Å²) < 4.78 is 1.69. The molecule has 0 amide bonds. The molecule has 0 saturated heterocycles. The van der Waals surface area contributed by atoms with E-state index in [1.807, 2.05) is 97.9 Å². The Bertz CT molecular complexity index is 1150. The largest absolute Gasteiger partial charge is 0.506 e. The maximum Gasteiger partial charge on any atom is 0.273 e. The Hall–Kier alpha value is -3.24. The maximum absolute atomic E-state index is 13.5. The number of hydrogen-bond acceptors (Lipinski definition) is 3. The van der Waals surface area contributed by atoms with E-state index in [0.29, 0.717) is 16.2 Å². The Labute approximate surface area is 167 Å². The summed E-state index contributed by atoms with van der Waals surface area (Å²) in [5.41, 5.74) is 2.79. The molecule has 0 aliphatic carbocycles. The van der Waals surface area contributed by atoms with Crippen LogP contribution in [0, 0.1) is 6.92 Å². The van der Waals surface area contributed by atoms with Gasteiger partial charge in [0.1, 0.15) is 10.6 Å². The fourth-order valence-electron chi connectivity index (χ4n) is 3.22. The molecule has 1 N–H and O–H groups in total. The molecule has 1 heterocycles. The van der Waals surface area contributed by atoms with Crippen LogP contribution >= 0.6 is 11.8 Å². The first-order valence-corrected chi connectivity index (χ1v) is 9.81. The molecule has 1 aromatic heterocycles. The van der Waals surface area contributed by atoms with Gasteiger partial charge in [0.2, 0.25) is 0 Å². The minimum absolute atomic E-state index is 0.0323. The number of pyridine rings is 1. The van der Waals surface area contributed by atoms with Crippen molar-refractivity contribution in [3.8, 4) is 22.7 Å². The number of aromatic hydroxyl groups is 1. The smallest absolute Gasteiger partial charge is 0.273 e. The molecule has 0 fully saturated rings. The van der Waals surface area contributed by atoms with Gasteiger partial charge in [0, 0.05) is 16.1 Å². The molecule has 3 nitrogen and oxygen atoms in total. The Morgan fingerprint density at radius 1 is 0.786 bits per heavy atom. The van der Waals surface area contributed by atoms with Gasteiger partial charge < -0.3 is 5.11 Å². The van der Waals surface area contributed by atoms with Gasteiger partial charge in [0.15, 0.2) is 0 Å². The lowest BCUT2D eigenvalue weighted by atomic mass is 10.0. The topological polar surface area (TPSA) is 42.2 Å². The summed E-state index contributed by atoms with van der Waals surface area (Å²) in [5.74, 6) is 0.0323. The number of rotatable bonds is 4. The Morgan fingerprint density at radius 3 is 1.93 bits per heavy atom. The average molecular weight is 385 g/mol. The SMILES string of the molecule is Cc1c(O)c(Sc2ccccc2)c(=O)n(-c2ccccc2)c1-c1ccccc1. The zero-order chi connectivity index (χ0) is 19.5. The summed E-state index contributed by atoms with van der Waals surface area (Å²) in [6, 6.07) is 28.8. The number of para-hydroxylation sites is 1. The van der Waals surface area contributed by atoms with E-state index in [4.69, 9.17) is 0 Å². The van der Waals surface area contributed by atoms with Crippen LogP contribution < -0.4 is 5.56 Å².